The maximum atomic E-state index is 11.8. The van der Waals surface area contributed by atoms with Crippen molar-refractivity contribution in [2.24, 2.45) is 0 Å². The normalized spacial score (nSPS) is 11.9. The summed E-state index contributed by atoms with van der Waals surface area (Å²) in [5.41, 5.74) is 0. The highest BCUT2D eigenvalue weighted by molar-refractivity contribution is 9.11. The summed E-state index contributed by atoms with van der Waals surface area (Å²) in [6.07, 6.45) is 1.25. The van der Waals surface area contributed by atoms with Crippen LogP contribution >= 0.6 is 50.2 Å². The molecular weight excluding hydrogens is 368 g/mol. The largest absolute Gasteiger partial charge is 0.252 e. The lowest BCUT2D eigenvalue weighted by molar-refractivity contribution is 0.584. The second kappa shape index (κ2) is 5.33. The topological polar surface area (TPSA) is 59.1 Å². The van der Waals surface area contributed by atoms with Crippen molar-refractivity contribution in [2.75, 3.05) is 0 Å². The maximum Gasteiger partial charge on any atom is 0.252 e. The highest BCUT2D eigenvalue weighted by atomic mass is 79.9. The summed E-state index contributed by atoms with van der Waals surface area (Å²) in [4.78, 5) is 4.63. The summed E-state index contributed by atoms with van der Waals surface area (Å²) < 4.78 is 27.4. The van der Waals surface area contributed by atoms with Gasteiger partial charge in [-0.2, -0.15) is 0 Å². The maximum absolute atomic E-state index is 11.8. The first kappa shape index (κ1) is 13.4. The van der Waals surface area contributed by atoms with E-state index in [9.17, 15) is 8.42 Å². The molecule has 2 aromatic rings. The average Bonchev–Trinajstić information content (AvgIpc) is 2.85. The number of halogens is 2. The zero-order chi connectivity index (χ0) is 12.5. The molecule has 9 heteroatoms. The van der Waals surface area contributed by atoms with Crippen molar-refractivity contribution < 1.29 is 8.42 Å². The minimum atomic E-state index is -3.52. The van der Waals surface area contributed by atoms with Gasteiger partial charge in [0.05, 0.1) is 9.98 Å². The fraction of sp³-hybridized carbons (Fsp3) is 0.125. The fourth-order valence-corrected chi connectivity index (χ4v) is 4.91. The predicted octanol–water partition coefficient (Wildman–Crippen LogP) is 3.10. The van der Waals surface area contributed by atoms with E-state index in [0.717, 1.165) is 20.0 Å². The summed E-state index contributed by atoms with van der Waals surface area (Å²) in [5.74, 6) is 0. The standard InChI is InChI=1S/C8H6BrClN2O2S3/c9-6-2-1-5(15-6)3-12-17(13,14)7-4-11-8(10)16-7/h1-2,4,12H,3H2. The summed E-state index contributed by atoms with van der Waals surface area (Å²) in [5, 5.41) is 0. The number of sulfonamides is 1. The van der Waals surface area contributed by atoms with Crippen molar-refractivity contribution in [3.05, 3.63) is 31.5 Å². The molecule has 1 N–H and O–H groups in total. The Bertz CT molecular complexity index is 622. The molecule has 0 aromatic carbocycles. The molecule has 0 aliphatic rings. The zero-order valence-electron chi connectivity index (χ0n) is 8.18. The Morgan fingerprint density at radius 1 is 1.41 bits per heavy atom. The number of hydrogen-bond donors (Lipinski definition) is 1. The van der Waals surface area contributed by atoms with E-state index >= 15 is 0 Å². The third kappa shape index (κ3) is 3.49. The van der Waals surface area contributed by atoms with E-state index in [1.54, 1.807) is 0 Å². The van der Waals surface area contributed by atoms with Crippen LogP contribution in [-0.4, -0.2) is 13.4 Å². The lowest BCUT2D eigenvalue weighted by atomic mass is 10.5. The Labute approximate surface area is 120 Å². The van der Waals surface area contributed by atoms with Crippen LogP contribution in [0.25, 0.3) is 0 Å². The van der Waals surface area contributed by atoms with Crippen LogP contribution in [0, 0.1) is 0 Å². The Morgan fingerprint density at radius 2 is 2.18 bits per heavy atom. The molecule has 0 spiro atoms. The molecule has 2 aromatic heterocycles. The second-order valence-electron chi connectivity index (χ2n) is 2.96. The van der Waals surface area contributed by atoms with Crippen LogP contribution < -0.4 is 4.72 Å². The fourth-order valence-electron chi connectivity index (χ4n) is 1.05. The van der Waals surface area contributed by atoms with Crippen LogP contribution in [0.3, 0.4) is 0 Å². The molecule has 17 heavy (non-hydrogen) atoms. The van der Waals surface area contributed by atoms with Gasteiger partial charge in [-0.3, -0.25) is 0 Å². The first-order chi connectivity index (χ1) is 7.97. The van der Waals surface area contributed by atoms with Crippen molar-refractivity contribution in [3.8, 4) is 0 Å². The first-order valence-electron chi connectivity index (χ1n) is 4.32. The van der Waals surface area contributed by atoms with Crippen LogP contribution in [-0.2, 0) is 16.6 Å². The van der Waals surface area contributed by atoms with Gasteiger partial charge < -0.3 is 0 Å². The molecule has 0 saturated carbocycles. The third-order valence-electron chi connectivity index (χ3n) is 1.79. The first-order valence-corrected chi connectivity index (χ1v) is 8.61. The molecular formula is C8H6BrClN2O2S3. The highest BCUT2D eigenvalue weighted by Gasteiger charge is 2.17. The van der Waals surface area contributed by atoms with Crippen molar-refractivity contribution in [2.45, 2.75) is 10.8 Å². The van der Waals surface area contributed by atoms with Gasteiger partial charge in [-0.1, -0.05) is 22.9 Å². The minimum absolute atomic E-state index is 0.123. The number of aromatic nitrogens is 1. The van der Waals surface area contributed by atoms with E-state index in [1.807, 2.05) is 12.1 Å². The lowest BCUT2D eigenvalue weighted by Gasteiger charge is -2.01. The molecule has 92 valence electrons. The number of rotatable bonds is 4. The van der Waals surface area contributed by atoms with Gasteiger partial charge in [0, 0.05) is 11.4 Å². The van der Waals surface area contributed by atoms with Gasteiger partial charge >= 0.3 is 0 Å². The number of thiophene rings is 1. The molecule has 0 amide bonds. The van der Waals surface area contributed by atoms with Gasteiger partial charge in [0.1, 0.15) is 0 Å². The number of thiazole rings is 1. The molecule has 0 radical (unpaired) electrons. The van der Waals surface area contributed by atoms with E-state index in [2.05, 4.69) is 25.6 Å². The molecule has 2 rings (SSSR count). The summed E-state index contributed by atoms with van der Waals surface area (Å²) >= 11 is 11.3. The highest BCUT2D eigenvalue weighted by Crippen LogP contribution is 2.24. The Morgan fingerprint density at radius 3 is 2.71 bits per heavy atom. The van der Waals surface area contributed by atoms with Crippen LogP contribution in [0.1, 0.15) is 4.88 Å². The lowest BCUT2D eigenvalue weighted by Crippen LogP contribution is -2.21. The SMILES string of the molecule is O=S(=O)(NCc1ccc(Br)s1)c1cnc(Cl)s1. The minimum Gasteiger partial charge on any atom is -0.232 e. The van der Waals surface area contributed by atoms with Gasteiger partial charge in [-0.15, -0.1) is 11.3 Å². The Hall–Kier alpha value is 0.01000. The summed E-state index contributed by atoms with van der Waals surface area (Å²) in [7, 11) is -3.52. The van der Waals surface area contributed by atoms with Gasteiger partial charge in [-0.25, -0.2) is 18.1 Å². The van der Waals surface area contributed by atoms with E-state index in [-0.39, 0.29) is 15.2 Å². The van der Waals surface area contributed by atoms with Crippen LogP contribution in [0.5, 0.6) is 0 Å². The Balaban J connectivity index is 2.08. The second-order valence-corrected chi connectivity index (χ2v) is 9.12. The molecule has 0 saturated heterocycles. The molecule has 0 aliphatic carbocycles. The molecule has 4 nitrogen and oxygen atoms in total. The van der Waals surface area contributed by atoms with Gasteiger partial charge in [0.2, 0.25) is 0 Å². The Kier molecular flexibility index (Phi) is 4.22. The monoisotopic (exact) mass is 372 g/mol. The number of nitrogens with one attached hydrogen (secondary N) is 1. The van der Waals surface area contributed by atoms with Crippen LogP contribution in [0.15, 0.2) is 26.3 Å². The van der Waals surface area contributed by atoms with Crippen molar-refractivity contribution in [1.29, 1.82) is 0 Å². The van der Waals surface area contributed by atoms with Crippen molar-refractivity contribution >= 4 is 60.2 Å². The van der Waals surface area contributed by atoms with E-state index in [0.29, 0.717) is 0 Å². The zero-order valence-corrected chi connectivity index (χ0v) is 13.0. The van der Waals surface area contributed by atoms with Crippen LogP contribution in [0.4, 0.5) is 0 Å². The summed E-state index contributed by atoms with van der Waals surface area (Å²) in [6, 6.07) is 3.73. The van der Waals surface area contributed by atoms with Gasteiger partial charge in [0.15, 0.2) is 8.68 Å². The van der Waals surface area contributed by atoms with E-state index in [1.165, 1.54) is 17.5 Å². The van der Waals surface area contributed by atoms with Crippen molar-refractivity contribution in [3.63, 3.8) is 0 Å². The number of hydrogen-bond acceptors (Lipinski definition) is 5. The van der Waals surface area contributed by atoms with Crippen LogP contribution in [0.2, 0.25) is 4.47 Å². The molecule has 0 atom stereocenters. The quantitative estimate of drug-likeness (QED) is 0.896. The third-order valence-corrected chi connectivity index (χ3v) is 6.39. The smallest absolute Gasteiger partial charge is 0.232 e. The van der Waals surface area contributed by atoms with E-state index < -0.39 is 10.0 Å². The number of nitrogens with zero attached hydrogens (tertiary/aromatic N) is 1. The van der Waals surface area contributed by atoms with E-state index in [4.69, 9.17) is 11.6 Å². The predicted molar refractivity (Wildman–Crippen MR) is 73.2 cm³/mol. The average molecular weight is 374 g/mol. The summed E-state index contributed by atoms with van der Waals surface area (Å²) in [6.45, 7) is 0.258. The molecule has 0 bridgehead atoms. The van der Waals surface area contributed by atoms with Gasteiger partial charge in [-0.05, 0) is 28.1 Å². The molecule has 2 heterocycles. The molecule has 0 unspecified atom stereocenters. The molecule has 0 aliphatic heterocycles. The van der Waals surface area contributed by atoms with Crippen molar-refractivity contribution in [1.82, 2.24) is 9.71 Å². The van der Waals surface area contributed by atoms with Gasteiger partial charge in [0.25, 0.3) is 10.0 Å². The molecule has 0 fully saturated rings.